The Morgan fingerprint density at radius 2 is 1.93 bits per heavy atom. The van der Waals surface area contributed by atoms with Crippen LogP contribution in [0.2, 0.25) is 0 Å². The lowest BCUT2D eigenvalue weighted by Gasteiger charge is -2.10. The van der Waals surface area contributed by atoms with Gasteiger partial charge in [-0.15, -0.1) is 0 Å². The van der Waals surface area contributed by atoms with Gasteiger partial charge in [0.15, 0.2) is 0 Å². The molecule has 1 rings (SSSR count). The summed E-state index contributed by atoms with van der Waals surface area (Å²) in [5.41, 5.74) is 8.97. The van der Waals surface area contributed by atoms with Crippen molar-refractivity contribution in [1.29, 1.82) is 0 Å². The zero-order valence-corrected chi connectivity index (χ0v) is 9.01. The Kier molecular flexibility index (Phi) is 3.96. The summed E-state index contributed by atoms with van der Waals surface area (Å²) >= 11 is 0. The molecule has 0 saturated heterocycles. The number of unbranched alkanes of at least 4 members (excludes halogenated alkanes) is 1. The molecule has 0 aliphatic carbocycles. The number of rotatable bonds is 4. The summed E-state index contributed by atoms with van der Waals surface area (Å²) < 4.78 is 0. The molecule has 0 unspecified atom stereocenters. The van der Waals surface area contributed by atoms with Crippen molar-refractivity contribution < 1.29 is 5.11 Å². The van der Waals surface area contributed by atoms with Gasteiger partial charge in [-0.1, -0.05) is 6.07 Å². The van der Waals surface area contributed by atoms with E-state index >= 15 is 0 Å². The van der Waals surface area contributed by atoms with Gasteiger partial charge in [-0.2, -0.15) is 0 Å². The van der Waals surface area contributed by atoms with Crippen molar-refractivity contribution in [3.63, 3.8) is 0 Å². The summed E-state index contributed by atoms with van der Waals surface area (Å²) in [6.45, 7) is 4.86. The molecule has 0 aromatic heterocycles. The Morgan fingerprint density at radius 1 is 1.21 bits per heavy atom. The number of aryl methyl sites for hydroxylation is 1. The number of nitrogens with two attached hydrogens (primary N) is 1. The second kappa shape index (κ2) is 5.01. The fraction of sp³-hybridized carbons (Fsp3) is 0.500. The fourth-order valence-corrected chi connectivity index (χ4v) is 1.62. The highest BCUT2D eigenvalue weighted by molar-refractivity contribution is 5.43. The molecule has 0 spiro atoms. The van der Waals surface area contributed by atoms with E-state index in [9.17, 15) is 5.11 Å². The summed E-state index contributed by atoms with van der Waals surface area (Å²) in [7, 11) is 0. The van der Waals surface area contributed by atoms with E-state index in [2.05, 4.69) is 13.8 Å². The Labute approximate surface area is 85.8 Å². The van der Waals surface area contributed by atoms with Gasteiger partial charge in [-0.25, -0.2) is 0 Å². The monoisotopic (exact) mass is 193 g/mol. The normalized spacial score (nSPS) is 10.5. The van der Waals surface area contributed by atoms with Crippen LogP contribution in [-0.2, 0) is 6.42 Å². The van der Waals surface area contributed by atoms with Crippen molar-refractivity contribution in [3.8, 4) is 5.75 Å². The summed E-state index contributed by atoms with van der Waals surface area (Å²) in [5, 5.41) is 9.68. The molecule has 14 heavy (non-hydrogen) atoms. The number of hydrogen-bond acceptors (Lipinski definition) is 2. The van der Waals surface area contributed by atoms with Gasteiger partial charge in [0.2, 0.25) is 0 Å². The lowest BCUT2D eigenvalue weighted by molar-refractivity contribution is 0.465. The largest absolute Gasteiger partial charge is 0.508 e. The SMILES string of the molecule is Cc1ccc(O)c(CCCCN)c1C. The minimum atomic E-state index is 0.421. The number of phenolic OH excluding ortho intramolecular Hbond substituents is 1. The van der Waals surface area contributed by atoms with Crippen LogP contribution >= 0.6 is 0 Å². The Morgan fingerprint density at radius 3 is 2.57 bits per heavy atom. The molecule has 0 fully saturated rings. The maximum absolute atomic E-state index is 9.68. The first-order valence-electron chi connectivity index (χ1n) is 5.15. The number of benzene rings is 1. The van der Waals surface area contributed by atoms with E-state index in [1.54, 1.807) is 6.07 Å². The molecule has 0 saturated carbocycles. The third-order valence-electron chi connectivity index (χ3n) is 2.73. The molecule has 0 aliphatic heterocycles. The fourth-order valence-electron chi connectivity index (χ4n) is 1.62. The Bertz CT molecular complexity index is 307. The maximum Gasteiger partial charge on any atom is 0.119 e. The van der Waals surface area contributed by atoms with Crippen LogP contribution in [-0.4, -0.2) is 11.7 Å². The molecular weight excluding hydrogens is 174 g/mol. The van der Waals surface area contributed by atoms with Crippen LogP contribution in [0.25, 0.3) is 0 Å². The lowest BCUT2D eigenvalue weighted by Crippen LogP contribution is -2.00. The second-order valence-electron chi connectivity index (χ2n) is 3.75. The molecule has 2 nitrogen and oxygen atoms in total. The Hall–Kier alpha value is -1.02. The van der Waals surface area contributed by atoms with Crippen LogP contribution in [0.4, 0.5) is 0 Å². The smallest absolute Gasteiger partial charge is 0.119 e. The molecule has 3 N–H and O–H groups in total. The van der Waals surface area contributed by atoms with E-state index in [1.165, 1.54) is 11.1 Å². The predicted molar refractivity (Wildman–Crippen MR) is 59.6 cm³/mol. The minimum Gasteiger partial charge on any atom is -0.508 e. The van der Waals surface area contributed by atoms with E-state index in [0.717, 1.165) is 31.4 Å². The standard InChI is InChI=1S/C12H19NO/c1-9-6-7-12(14)11(10(9)2)5-3-4-8-13/h6-7,14H,3-5,8,13H2,1-2H3. The third kappa shape index (κ3) is 2.48. The quantitative estimate of drug-likeness (QED) is 0.721. The van der Waals surface area contributed by atoms with Gasteiger partial charge in [-0.05, 0) is 62.4 Å². The predicted octanol–water partition coefficient (Wildman–Crippen LogP) is 2.29. The summed E-state index contributed by atoms with van der Waals surface area (Å²) in [5.74, 6) is 0.421. The second-order valence-corrected chi connectivity index (χ2v) is 3.75. The summed E-state index contributed by atoms with van der Waals surface area (Å²) in [6.07, 6.45) is 3.00. The highest BCUT2D eigenvalue weighted by Gasteiger charge is 2.06. The first-order chi connectivity index (χ1) is 6.66. The lowest BCUT2D eigenvalue weighted by atomic mass is 9.98. The first-order valence-corrected chi connectivity index (χ1v) is 5.15. The van der Waals surface area contributed by atoms with E-state index < -0.39 is 0 Å². The summed E-state index contributed by atoms with van der Waals surface area (Å²) in [6, 6.07) is 3.73. The van der Waals surface area contributed by atoms with E-state index in [1.807, 2.05) is 6.07 Å². The van der Waals surface area contributed by atoms with E-state index in [-0.39, 0.29) is 0 Å². The molecular formula is C12H19NO. The van der Waals surface area contributed by atoms with Crippen molar-refractivity contribution in [2.45, 2.75) is 33.1 Å². The maximum atomic E-state index is 9.68. The zero-order valence-electron chi connectivity index (χ0n) is 9.01. The molecule has 0 radical (unpaired) electrons. The number of phenols is 1. The molecule has 0 bridgehead atoms. The highest BCUT2D eigenvalue weighted by atomic mass is 16.3. The van der Waals surface area contributed by atoms with E-state index in [0.29, 0.717) is 5.75 Å². The minimum absolute atomic E-state index is 0.421. The van der Waals surface area contributed by atoms with Crippen molar-refractivity contribution in [3.05, 3.63) is 28.8 Å². The number of aromatic hydroxyl groups is 1. The molecule has 1 aromatic rings. The van der Waals surface area contributed by atoms with Gasteiger partial charge in [0, 0.05) is 0 Å². The first kappa shape index (κ1) is 11.1. The van der Waals surface area contributed by atoms with Gasteiger partial charge in [0.1, 0.15) is 5.75 Å². The average molecular weight is 193 g/mol. The molecule has 0 atom stereocenters. The molecule has 2 heteroatoms. The molecule has 0 amide bonds. The molecule has 1 aromatic carbocycles. The van der Waals surface area contributed by atoms with Crippen LogP contribution in [0.5, 0.6) is 5.75 Å². The van der Waals surface area contributed by atoms with Crippen molar-refractivity contribution >= 4 is 0 Å². The van der Waals surface area contributed by atoms with Gasteiger partial charge in [-0.3, -0.25) is 0 Å². The molecule has 0 aliphatic rings. The van der Waals surface area contributed by atoms with Crippen LogP contribution in [0.3, 0.4) is 0 Å². The Balaban J connectivity index is 2.79. The van der Waals surface area contributed by atoms with Crippen LogP contribution in [0.1, 0.15) is 29.5 Å². The molecule has 78 valence electrons. The van der Waals surface area contributed by atoms with Crippen molar-refractivity contribution in [1.82, 2.24) is 0 Å². The van der Waals surface area contributed by atoms with Crippen LogP contribution < -0.4 is 5.73 Å². The van der Waals surface area contributed by atoms with Crippen LogP contribution in [0.15, 0.2) is 12.1 Å². The number of hydrogen-bond donors (Lipinski definition) is 2. The third-order valence-corrected chi connectivity index (χ3v) is 2.73. The average Bonchev–Trinajstić information content (AvgIpc) is 2.18. The van der Waals surface area contributed by atoms with Gasteiger partial charge in [0.05, 0.1) is 0 Å². The van der Waals surface area contributed by atoms with Crippen LogP contribution in [0, 0.1) is 13.8 Å². The summed E-state index contributed by atoms with van der Waals surface area (Å²) in [4.78, 5) is 0. The molecule has 0 heterocycles. The van der Waals surface area contributed by atoms with Gasteiger partial charge >= 0.3 is 0 Å². The van der Waals surface area contributed by atoms with Crippen molar-refractivity contribution in [2.75, 3.05) is 6.54 Å². The van der Waals surface area contributed by atoms with Gasteiger partial charge < -0.3 is 10.8 Å². The topological polar surface area (TPSA) is 46.2 Å². The zero-order chi connectivity index (χ0) is 10.6. The van der Waals surface area contributed by atoms with Crippen molar-refractivity contribution in [2.24, 2.45) is 5.73 Å². The highest BCUT2D eigenvalue weighted by Crippen LogP contribution is 2.25. The van der Waals surface area contributed by atoms with E-state index in [4.69, 9.17) is 5.73 Å². The van der Waals surface area contributed by atoms with Gasteiger partial charge in [0.25, 0.3) is 0 Å².